The molecule has 1 heterocycles. The fourth-order valence-corrected chi connectivity index (χ4v) is 2.44. The third kappa shape index (κ3) is 2.79. The van der Waals surface area contributed by atoms with Gasteiger partial charge in [-0.3, -0.25) is 4.79 Å². The van der Waals surface area contributed by atoms with Gasteiger partial charge in [0.1, 0.15) is 5.75 Å². The van der Waals surface area contributed by atoms with Crippen LogP contribution in [0.4, 0.5) is 13.2 Å². The molecule has 2 aromatic carbocycles. The van der Waals surface area contributed by atoms with Crippen molar-refractivity contribution in [1.82, 2.24) is 4.98 Å². The molecule has 6 heteroatoms. The molecule has 0 radical (unpaired) electrons. The van der Waals surface area contributed by atoms with Crippen molar-refractivity contribution in [3.63, 3.8) is 0 Å². The second kappa shape index (κ2) is 5.46. The van der Waals surface area contributed by atoms with Crippen LogP contribution in [0.3, 0.4) is 0 Å². The van der Waals surface area contributed by atoms with Crippen LogP contribution in [-0.2, 0) is 6.18 Å². The van der Waals surface area contributed by atoms with Gasteiger partial charge >= 0.3 is 6.18 Å². The van der Waals surface area contributed by atoms with Crippen LogP contribution in [0.5, 0.6) is 5.75 Å². The molecule has 0 spiro atoms. The van der Waals surface area contributed by atoms with Gasteiger partial charge in [-0.1, -0.05) is 12.1 Å². The summed E-state index contributed by atoms with van der Waals surface area (Å²) in [6.45, 7) is 0. The first-order valence-electron chi connectivity index (χ1n) is 6.78. The Bertz CT molecular complexity index is 929. The van der Waals surface area contributed by atoms with Gasteiger partial charge in [0.25, 0.3) is 0 Å². The van der Waals surface area contributed by atoms with E-state index in [2.05, 4.69) is 4.98 Å². The Morgan fingerprint density at radius 2 is 1.78 bits per heavy atom. The summed E-state index contributed by atoms with van der Waals surface area (Å²) in [5.74, 6) is 0.254. The Morgan fingerprint density at radius 3 is 2.48 bits per heavy atom. The highest BCUT2D eigenvalue weighted by molar-refractivity contribution is 5.82. The van der Waals surface area contributed by atoms with Gasteiger partial charge < -0.3 is 9.72 Å². The molecule has 3 rings (SSSR count). The summed E-state index contributed by atoms with van der Waals surface area (Å²) in [6.07, 6.45) is -4.47. The minimum Gasteiger partial charge on any atom is -0.496 e. The molecule has 0 fully saturated rings. The SMILES string of the molecule is COc1ccc(C(F)(F)F)cc1-c1cc(=O)c2ccccc2[nH]1. The van der Waals surface area contributed by atoms with Crippen LogP contribution in [0.2, 0.25) is 0 Å². The molecule has 118 valence electrons. The summed E-state index contributed by atoms with van der Waals surface area (Å²) in [7, 11) is 1.37. The highest BCUT2D eigenvalue weighted by atomic mass is 19.4. The smallest absolute Gasteiger partial charge is 0.416 e. The Balaban J connectivity index is 2.27. The van der Waals surface area contributed by atoms with E-state index < -0.39 is 11.7 Å². The Hall–Kier alpha value is -2.76. The maximum absolute atomic E-state index is 12.9. The van der Waals surface area contributed by atoms with Crippen molar-refractivity contribution >= 4 is 10.9 Å². The van der Waals surface area contributed by atoms with Crippen molar-refractivity contribution in [2.24, 2.45) is 0 Å². The number of methoxy groups -OCH3 is 1. The van der Waals surface area contributed by atoms with Gasteiger partial charge in [-0.05, 0) is 30.3 Å². The van der Waals surface area contributed by atoms with E-state index in [0.29, 0.717) is 10.9 Å². The lowest BCUT2D eigenvalue weighted by molar-refractivity contribution is -0.137. The number of aromatic nitrogens is 1. The maximum atomic E-state index is 12.9. The summed E-state index contributed by atoms with van der Waals surface area (Å²) >= 11 is 0. The van der Waals surface area contributed by atoms with Crippen LogP contribution in [0.25, 0.3) is 22.2 Å². The lowest BCUT2D eigenvalue weighted by Gasteiger charge is -2.13. The summed E-state index contributed by atoms with van der Waals surface area (Å²) in [4.78, 5) is 15.2. The first-order valence-corrected chi connectivity index (χ1v) is 6.78. The van der Waals surface area contributed by atoms with E-state index in [1.807, 2.05) is 0 Å². The van der Waals surface area contributed by atoms with Crippen LogP contribution >= 0.6 is 0 Å². The number of para-hydroxylation sites is 1. The van der Waals surface area contributed by atoms with Gasteiger partial charge in [0.05, 0.1) is 18.4 Å². The van der Waals surface area contributed by atoms with Gasteiger partial charge in [-0.2, -0.15) is 13.2 Å². The molecule has 0 saturated carbocycles. The normalized spacial score (nSPS) is 11.7. The van der Waals surface area contributed by atoms with Gasteiger partial charge in [0.2, 0.25) is 0 Å². The standard InChI is InChI=1S/C17H12F3NO2/c1-23-16-7-6-10(17(18,19)20)8-12(16)14-9-15(22)11-4-2-3-5-13(11)21-14/h2-9H,1H3,(H,21,22). The quantitative estimate of drug-likeness (QED) is 0.768. The van der Waals surface area contributed by atoms with Crippen LogP contribution in [-0.4, -0.2) is 12.1 Å². The summed E-state index contributed by atoms with van der Waals surface area (Å²) in [5, 5.41) is 0.474. The highest BCUT2D eigenvalue weighted by Gasteiger charge is 2.31. The molecular weight excluding hydrogens is 307 g/mol. The molecule has 0 amide bonds. The molecule has 0 bridgehead atoms. The highest BCUT2D eigenvalue weighted by Crippen LogP contribution is 2.36. The first-order chi connectivity index (χ1) is 10.9. The number of alkyl halides is 3. The van der Waals surface area contributed by atoms with E-state index in [0.717, 1.165) is 12.1 Å². The minimum absolute atomic E-state index is 0.185. The Kier molecular flexibility index (Phi) is 3.60. The van der Waals surface area contributed by atoms with Crippen molar-refractivity contribution in [3.8, 4) is 17.0 Å². The molecule has 0 unspecified atom stereocenters. The summed E-state index contributed by atoms with van der Waals surface area (Å²) in [5.41, 5.74) is -0.0626. The van der Waals surface area contributed by atoms with Crippen molar-refractivity contribution in [3.05, 3.63) is 64.3 Å². The lowest BCUT2D eigenvalue weighted by atomic mass is 10.0. The van der Waals surface area contributed by atoms with E-state index in [1.54, 1.807) is 24.3 Å². The van der Waals surface area contributed by atoms with Gasteiger partial charge in [-0.25, -0.2) is 0 Å². The molecule has 3 aromatic rings. The van der Waals surface area contributed by atoms with Crippen molar-refractivity contribution < 1.29 is 17.9 Å². The minimum atomic E-state index is -4.47. The van der Waals surface area contributed by atoms with Crippen LogP contribution < -0.4 is 10.2 Å². The first kappa shape index (κ1) is 15.1. The Morgan fingerprint density at radius 1 is 1.04 bits per heavy atom. The number of H-pyrrole nitrogens is 1. The molecule has 3 nitrogen and oxygen atoms in total. The van der Waals surface area contributed by atoms with Crippen LogP contribution in [0.1, 0.15) is 5.56 Å². The predicted octanol–water partition coefficient (Wildman–Crippen LogP) is 4.22. The molecule has 1 aromatic heterocycles. The number of rotatable bonds is 2. The molecule has 0 aliphatic heterocycles. The monoisotopic (exact) mass is 319 g/mol. The number of halogens is 3. The molecule has 0 aliphatic carbocycles. The van der Waals surface area contributed by atoms with Crippen molar-refractivity contribution in [2.75, 3.05) is 7.11 Å². The molecule has 0 atom stereocenters. The maximum Gasteiger partial charge on any atom is 0.416 e. The second-order valence-corrected chi connectivity index (χ2v) is 5.01. The fraction of sp³-hybridized carbons (Fsp3) is 0.118. The molecule has 0 aliphatic rings. The zero-order valence-electron chi connectivity index (χ0n) is 12.1. The van der Waals surface area contributed by atoms with E-state index in [-0.39, 0.29) is 22.4 Å². The second-order valence-electron chi connectivity index (χ2n) is 5.01. The lowest BCUT2D eigenvalue weighted by Crippen LogP contribution is -2.07. The van der Waals surface area contributed by atoms with E-state index in [1.165, 1.54) is 19.2 Å². The molecule has 23 heavy (non-hydrogen) atoms. The van der Waals surface area contributed by atoms with Crippen LogP contribution in [0, 0.1) is 0 Å². The molecular formula is C17H12F3NO2. The number of pyridine rings is 1. The Labute approximate surface area is 129 Å². The van der Waals surface area contributed by atoms with Gasteiger partial charge in [-0.15, -0.1) is 0 Å². The third-order valence-corrected chi connectivity index (χ3v) is 3.55. The number of benzene rings is 2. The molecule has 0 saturated heterocycles. The van der Waals surface area contributed by atoms with E-state index in [9.17, 15) is 18.0 Å². The summed E-state index contributed by atoms with van der Waals surface area (Å²) < 4.78 is 43.9. The fourth-order valence-electron chi connectivity index (χ4n) is 2.44. The van der Waals surface area contributed by atoms with Crippen molar-refractivity contribution in [2.45, 2.75) is 6.18 Å². The largest absolute Gasteiger partial charge is 0.496 e. The predicted molar refractivity (Wildman–Crippen MR) is 81.6 cm³/mol. The number of aromatic amines is 1. The van der Waals surface area contributed by atoms with Gasteiger partial charge in [0, 0.05) is 22.5 Å². The number of fused-ring (bicyclic) bond motifs is 1. The third-order valence-electron chi connectivity index (χ3n) is 3.55. The zero-order valence-corrected chi connectivity index (χ0v) is 12.1. The number of hydrogen-bond donors (Lipinski definition) is 1. The number of hydrogen-bond acceptors (Lipinski definition) is 2. The van der Waals surface area contributed by atoms with Crippen molar-refractivity contribution in [1.29, 1.82) is 0 Å². The molecule has 1 N–H and O–H groups in total. The average Bonchev–Trinajstić information content (AvgIpc) is 2.53. The van der Waals surface area contributed by atoms with E-state index in [4.69, 9.17) is 4.74 Å². The zero-order chi connectivity index (χ0) is 16.6. The summed E-state index contributed by atoms with van der Waals surface area (Å²) in [6, 6.07) is 11.3. The number of ether oxygens (including phenoxy) is 1. The van der Waals surface area contributed by atoms with Crippen LogP contribution in [0.15, 0.2) is 53.3 Å². The average molecular weight is 319 g/mol. The number of nitrogens with one attached hydrogen (secondary N) is 1. The van der Waals surface area contributed by atoms with E-state index >= 15 is 0 Å². The van der Waals surface area contributed by atoms with Gasteiger partial charge in [0.15, 0.2) is 5.43 Å². The topological polar surface area (TPSA) is 42.1 Å².